The largest absolute Gasteiger partial charge is 0.481 e. The van der Waals surface area contributed by atoms with Crippen molar-refractivity contribution in [2.75, 3.05) is 13.2 Å². The molecule has 0 aromatic rings. The van der Waals surface area contributed by atoms with Crippen LogP contribution in [0, 0.1) is 5.92 Å². The third kappa shape index (κ3) is 4.47. The van der Waals surface area contributed by atoms with Gasteiger partial charge in [-0.05, 0) is 51.4 Å². The molecule has 5 heteroatoms. The summed E-state index contributed by atoms with van der Waals surface area (Å²) >= 11 is 0. The molecule has 20 heavy (non-hydrogen) atoms. The zero-order valence-corrected chi connectivity index (χ0v) is 12.2. The first-order valence-corrected chi connectivity index (χ1v) is 7.72. The van der Waals surface area contributed by atoms with Gasteiger partial charge in [0.05, 0.1) is 6.61 Å². The molecule has 1 saturated heterocycles. The standard InChI is InChI=1S/C15H25NO4/c1-11(20-10-12-5-6-12)15(19)16-9-3-2-4-13(16)7-8-14(17)18/h11-13H,2-10H2,1H3,(H,17,18)/t11-,13-/m0/s1. The molecule has 0 aromatic heterocycles. The van der Waals surface area contributed by atoms with Crippen LogP contribution in [0.15, 0.2) is 0 Å². The zero-order valence-electron chi connectivity index (χ0n) is 12.2. The summed E-state index contributed by atoms with van der Waals surface area (Å²) in [6.07, 6.45) is 5.70. The average Bonchev–Trinajstić information content (AvgIpc) is 3.26. The molecule has 0 unspecified atom stereocenters. The molecule has 0 bridgehead atoms. The predicted molar refractivity (Wildman–Crippen MR) is 74.4 cm³/mol. The summed E-state index contributed by atoms with van der Waals surface area (Å²) in [5, 5.41) is 8.80. The number of piperidine rings is 1. The lowest BCUT2D eigenvalue weighted by Crippen LogP contribution is -2.48. The fourth-order valence-corrected chi connectivity index (χ4v) is 2.75. The second-order valence-electron chi connectivity index (χ2n) is 6.03. The molecular formula is C15H25NO4. The van der Waals surface area contributed by atoms with E-state index in [9.17, 15) is 9.59 Å². The molecule has 1 amide bonds. The van der Waals surface area contributed by atoms with Crippen LogP contribution in [-0.2, 0) is 14.3 Å². The molecule has 2 atom stereocenters. The van der Waals surface area contributed by atoms with Gasteiger partial charge in [-0.15, -0.1) is 0 Å². The highest BCUT2D eigenvalue weighted by Gasteiger charge is 2.31. The van der Waals surface area contributed by atoms with Crippen molar-refractivity contribution in [3.05, 3.63) is 0 Å². The number of aliphatic carboxylic acids is 1. The molecule has 2 rings (SSSR count). The van der Waals surface area contributed by atoms with E-state index in [0.29, 0.717) is 18.9 Å². The predicted octanol–water partition coefficient (Wildman–Crippen LogP) is 2.05. The Bertz CT molecular complexity index is 354. The Kier molecular flexibility index (Phi) is 5.40. The van der Waals surface area contributed by atoms with Crippen LogP contribution >= 0.6 is 0 Å². The SMILES string of the molecule is C[C@H](OCC1CC1)C(=O)N1CCCC[C@H]1CCC(=O)O. The Labute approximate surface area is 120 Å². The lowest BCUT2D eigenvalue weighted by atomic mass is 9.97. The van der Waals surface area contributed by atoms with Crippen LogP contribution in [0.5, 0.6) is 0 Å². The number of carboxylic acid groups (broad SMARTS) is 1. The van der Waals surface area contributed by atoms with E-state index in [1.54, 1.807) is 0 Å². The minimum absolute atomic E-state index is 0.0285. The number of rotatable bonds is 7. The number of amides is 1. The maximum absolute atomic E-state index is 12.4. The van der Waals surface area contributed by atoms with E-state index in [0.717, 1.165) is 25.8 Å². The Morgan fingerprint density at radius 3 is 2.70 bits per heavy atom. The number of likely N-dealkylation sites (tertiary alicyclic amines) is 1. The highest BCUT2D eigenvalue weighted by atomic mass is 16.5. The second-order valence-corrected chi connectivity index (χ2v) is 6.03. The number of nitrogens with zero attached hydrogens (tertiary/aromatic N) is 1. The Morgan fingerprint density at radius 1 is 1.30 bits per heavy atom. The number of carboxylic acids is 1. The number of ether oxygens (including phenoxy) is 1. The van der Waals surface area contributed by atoms with Crippen LogP contribution < -0.4 is 0 Å². The van der Waals surface area contributed by atoms with E-state index < -0.39 is 12.1 Å². The summed E-state index contributed by atoms with van der Waals surface area (Å²) < 4.78 is 5.65. The van der Waals surface area contributed by atoms with E-state index in [2.05, 4.69) is 0 Å². The maximum atomic E-state index is 12.4. The number of hydrogen-bond donors (Lipinski definition) is 1. The number of carbonyl (C=O) groups excluding carboxylic acids is 1. The molecule has 114 valence electrons. The van der Waals surface area contributed by atoms with Gasteiger partial charge < -0.3 is 14.7 Å². The summed E-state index contributed by atoms with van der Waals surface area (Å²) in [7, 11) is 0. The van der Waals surface area contributed by atoms with Gasteiger partial charge in [-0.25, -0.2) is 0 Å². The molecule has 2 aliphatic rings. The van der Waals surface area contributed by atoms with Gasteiger partial charge in [-0.3, -0.25) is 9.59 Å². The topological polar surface area (TPSA) is 66.8 Å². The minimum atomic E-state index is -0.791. The second kappa shape index (κ2) is 7.07. The van der Waals surface area contributed by atoms with Crippen molar-refractivity contribution in [2.24, 2.45) is 5.92 Å². The van der Waals surface area contributed by atoms with Crippen molar-refractivity contribution < 1.29 is 19.4 Å². The van der Waals surface area contributed by atoms with E-state index in [1.807, 2.05) is 11.8 Å². The summed E-state index contributed by atoms with van der Waals surface area (Å²) in [6, 6.07) is 0.0688. The van der Waals surface area contributed by atoms with Crippen LogP contribution in [0.2, 0.25) is 0 Å². The van der Waals surface area contributed by atoms with E-state index in [4.69, 9.17) is 9.84 Å². The third-order valence-electron chi connectivity index (χ3n) is 4.23. The van der Waals surface area contributed by atoms with Crippen molar-refractivity contribution in [2.45, 2.75) is 64.0 Å². The van der Waals surface area contributed by atoms with E-state index in [1.165, 1.54) is 12.8 Å². The van der Waals surface area contributed by atoms with Crippen LogP contribution in [0.1, 0.15) is 51.9 Å². The molecule has 5 nitrogen and oxygen atoms in total. The normalized spacial score (nSPS) is 24.4. The molecule has 1 saturated carbocycles. The molecule has 0 spiro atoms. The van der Waals surface area contributed by atoms with Crippen molar-refractivity contribution in [3.63, 3.8) is 0 Å². The summed E-state index contributed by atoms with van der Waals surface area (Å²) in [4.78, 5) is 25.0. The fraction of sp³-hybridized carbons (Fsp3) is 0.867. The summed E-state index contributed by atoms with van der Waals surface area (Å²) in [6.45, 7) is 3.23. The van der Waals surface area contributed by atoms with Crippen molar-refractivity contribution >= 4 is 11.9 Å². The van der Waals surface area contributed by atoms with Gasteiger partial charge >= 0.3 is 5.97 Å². The first-order chi connectivity index (χ1) is 9.58. The van der Waals surface area contributed by atoms with Gasteiger partial charge in [0.25, 0.3) is 5.91 Å². The molecule has 0 radical (unpaired) electrons. The van der Waals surface area contributed by atoms with Gasteiger partial charge in [0.2, 0.25) is 0 Å². The van der Waals surface area contributed by atoms with Gasteiger partial charge in [0.15, 0.2) is 0 Å². The van der Waals surface area contributed by atoms with Gasteiger partial charge in [0, 0.05) is 19.0 Å². The lowest BCUT2D eigenvalue weighted by Gasteiger charge is -2.37. The quantitative estimate of drug-likeness (QED) is 0.776. The average molecular weight is 283 g/mol. The van der Waals surface area contributed by atoms with Crippen LogP contribution in [-0.4, -0.2) is 47.2 Å². The molecule has 0 aromatic carbocycles. The molecule has 1 aliphatic carbocycles. The number of carbonyl (C=O) groups is 2. The molecular weight excluding hydrogens is 258 g/mol. The fourth-order valence-electron chi connectivity index (χ4n) is 2.75. The summed E-state index contributed by atoms with van der Waals surface area (Å²) in [5.74, 6) is -0.115. The molecule has 2 fully saturated rings. The first kappa shape index (κ1) is 15.3. The van der Waals surface area contributed by atoms with Crippen molar-refractivity contribution in [1.29, 1.82) is 0 Å². The van der Waals surface area contributed by atoms with Gasteiger partial charge in [-0.2, -0.15) is 0 Å². The van der Waals surface area contributed by atoms with Crippen LogP contribution in [0.25, 0.3) is 0 Å². The van der Waals surface area contributed by atoms with Crippen LogP contribution in [0.4, 0.5) is 0 Å². The molecule has 1 N–H and O–H groups in total. The monoisotopic (exact) mass is 283 g/mol. The smallest absolute Gasteiger partial charge is 0.303 e. The van der Waals surface area contributed by atoms with E-state index >= 15 is 0 Å². The maximum Gasteiger partial charge on any atom is 0.303 e. The van der Waals surface area contributed by atoms with Crippen LogP contribution in [0.3, 0.4) is 0 Å². The Hall–Kier alpha value is -1.10. The van der Waals surface area contributed by atoms with Gasteiger partial charge in [-0.1, -0.05) is 0 Å². The molecule has 1 aliphatic heterocycles. The zero-order chi connectivity index (χ0) is 14.5. The molecule has 1 heterocycles. The summed E-state index contributed by atoms with van der Waals surface area (Å²) in [5.41, 5.74) is 0. The Morgan fingerprint density at radius 2 is 2.05 bits per heavy atom. The minimum Gasteiger partial charge on any atom is -0.481 e. The highest BCUT2D eigenvalue weighted by molar-refractivity contribution is 5.81. The first-order valence-electron chi connectivity index (χ1n) is 7.72. The Balaban J connectivity index is 1.84. The highest BCUT2D eigenvalue weighted by Crippen LogP contribution is 2.29. The van der Waals surface area contributed by atoms with Crippen molar-refractivity contribution in [3.8, 4) is 0 Å². The number of hydrogen-bond acceptors (Lipinski definition) is 3. The van der Waals surface area contributed by atoms with Gasteiger partial charge in [0.1, 0.15) is 6.10 Å². The third-order valence-corrected chi connectivity index (χ3v) is 4.23. The lowest BCUT2D eigenvalue weighted by molar-refractivity contribution is -0.148. The van der Waals surface area contributed by atoms with Crippen molar-refractivity contribution in [1.82, 2.24) is 4.90 Å². The van der Waals surface area contributed by atoms with E-state index in [-0.39, 0.29) is 18.4 Å².